The topological polar surface area (TPSA) is 55.1 Å². The van der Waals surface area contributed by atoms with Crippen LogP contribution in [0.2, 0.25) is 20.1 Å². The minimum atomic E-state index is -0.456. The van der Waals surface area contributed by atoms with E-state index in [2.05, 4.69) is 5.32 Å². The first-order valence-electron chi connectivity index (χ1n) is 5.39. The summed E-state index contributed by atoms with van der Waals surface area (Å²) < 4.78 is 0. The number of anilines is 2. The minimum Gasteiger partial charge on any atom is -0.399 e. The standard InChI is InChI=1S/C13H8Cl4N2O/c14-6-1-7(15)3-9(2-6)19-13(20)10-4-8(18)5-11(16)12(10)17/h1-5H,18H2,(H,19,20). The maximum Gasteiger partial charge on any atom is 0.257 e. The van der Waals surface area contributed by atoms with Gasteiger partial charge in [0.15, 0.2) is 0 Å². The fourth-order valence-electron chi connectivity index (χ4n) is 1.60. The molecule has 20 heavy (non-hydrogen) atoms. The molecule has 3 nitrogen and oxygen atoms in total. The van der Waals surface area contributed by atoms with Crippen molar-refractivity contribution in [1.82, 2.24) is 0 Å². The quantitative estimate of drug-likeness (QED) is 0.738. The maximum absolute atomic E-state index is 12.2. The smallest absolute Gasteiger partial charge is 0.257 e. The molecule has 0 aliphatic carbocycles. The van der Waals surface area contributed by atoms with E-state index in [1.165, 1.54) is 12.1 Å². The fraction of sp³-hybridized carbons (Fsp3) is 0. The zero-order chi connectivity index (χ0) is 14.9. The predicted octanol–water partition coefficient (Wildman–Crippen LogP) is 5.13. The highest BCUT2D eigenvalue weighted by Crippen LogP contribution is 2.30. The Bertz CT molecular complexity index is 668. The van der Waals surface area contributed by atoms with Crippen LogP contribution >= 0.6 is 46.4 Å². The second kappa shape index (κ2) is 6.10. The Morgan fingerprint density at radius 1 is 0.950 bits per heavy atom. The summed E-state index contributed by atoms with van der Waals surface area (Å²) in [5, 5.41) is 3.78. The Balaban J connectivity index is 2.33. The van der Waals surface area contributed by atoms with Gasteiger partial charge in [0, 0.05) is 21.4 Å². The number of nitrogen functional groups attached to an aromatic ring is 1. The lowest BCUT2D eigenvalue weighted by atomic mass is 10.2. The summed E-state index contributed by atoms with van der Waals surface area (Å²) in [6.07, 6.45) is 0. The fourth-order valence-corrected chi connectivity index (χ4v) is 2.55. The van der Waals surface area contributed by atoms with Crippen LogP contribution in [0, 0.1) is 0 Å². The molecule has 0 aliphatic rings. The molecule has 0 saturated heterocycles. The van der Waals surface area contributed by atoms with E-state index in [-0.39, 0.29) is 15.6 Å². The zero-order valence-electron chi connectivity index (χ0n) is 9.88. The first-order valence-corrected chi connectivity index (χ1v) is 6.90. The van der Waals surface area contributed by atoms with Gasteiger partial charge in [0.25, 0.3) is 5.91 Å². The third-order valence-electron chi connectivity index (χ3n) is 2.42. The van der Waals surface area contributed by atoms with E-state index in [1.807, 2.05) is 0 Å². The highest BCUT2D eigenvalue weighted by atomic mass is 35.5. The zero-order valence-corrected chi connectivity index (χ0v) is 12.9. The average molecular weight is 350 g/mol. The molecule has 0 aromatic heterocycles. The predicted molar refractivity (Wildman–Crippen MR) is 85.3 cm³/mol. The molecule has 0 bridgehead atoms. The van der Waals surface area contributed by atoms with E-state index < -0.39 is 5.91 Å². The number of carbonyl (C=O) groups is 1. The van der Waals surface area contributed by atoms with E-state index in [9.17, 15) is 4.79 Å². The Morgan fingerprint density at radius 2 is 1.55 bits per heavy atom. The Hall–Kier alpha value is -1.13. The molecule has 2 aromatic rings. The van der Waals surface area contributed by atoms with Gasteiger partial charge in [0.1, 0.15) is 0 Å². The van der Waals surface area contributed by atoms with Crippen molar-refractivity contribution in [1.29, 1.82) is 0 Å². The van der Waals surface area contributed by atoms with Gasteiger partial charge in [-0.25, -0.2) is 0 Å². The lowest BCUT2D eigenvalue weighted by Gasteiger charge is -2.09. The molecular weight excluding hydrogens is 342 g/mol. The van der Waals surface area contributed by atoms with Crippen molar-refractivity contribution in [3.8, 4) is 0 Å². The summed E-state index contributed by atoms with van der Waals surface area (Å²) in [4.78, 5) is 12.2. The largest absolute Gasteiger partial charge is 0.399 e. The summed E-state index contributed by atoms with van der Waals surface area (Å²) in [6.45, 7) is 0. The van der Waals surface area contributed by atoms with Gasteiger partial charge in [-0.15, -0.1) is 0 Å². The van der Waals surface area contributed by atoms with Gasteiger partial charge in [-0.05, 0) is 30.3 Å². The summed E-state index contributed by atoms with van der Waals surface area (Å²) in [6, 6.07) is 7.59. The molecular formula is C13H8Cl4N2O. The van der Waals surface area contributed by atoms with Crippen molar-refractivity contribution < 1.29 is 4.79 Å². The van der Waals surface area contributed by atoms with Crippen molar-refractivity contribution in [3.63, 3.8) is 0 Å². The number of nitrogens with two attached hydrogens (primary N) is 1. The lowest BCUT2D eigenvalue weighted by molar-refractivity contribution is 0.102. The molecule has 2 rings (SSSR count). The number of rotatable bonds is 2. The summed E-state index contributed by atoms with van der Waals surface area (Å²) in [5.74, 6) is -0.456. The van der Waals surface area contributed by atoms with Crippen LogP contribution in [0.3, 0.4) is 0 Å². The molecule has 0 spiro atoms. The molecule has 7 heteroatoms. The molecule has 2 aromatic carbocycles. The van der Waals surface area contributed by atoms with E-state index >= 15 is 0 Å². The van der Waals surface area contributed by atoms with Crippen LogP contribution in [0.5, 0.6) is 0 Å². The first-order chi connectivity index (χ1) is 9.36. The molecule has 0 aliphatic heterocycles. The molecule has 0 atom stereocenters. The van der Waals surface area contributed by atoms with Gasteiger partial charge < -0.3 is 11.1 Å². The van der Waals surface area contributed by atoms with E-state index in [0.717, 1.165) is 0 Å². The van der Waals surface area contributed by atoms with Crippen molar-refractivity contribution in [2.45, 2.75) is 0 Å². The maximum atomic E-state index is 12.2. The monoisotopic (exact) mass is 348 g/mol. The van der Waals surface area contributed by atoms with E-state index in [0.29, 0.717) is 21.4 Å². The van der Waals surface area contributed by atoms with E-state index in [4.69, 9.17) is 52.1 Å². The molecule has 3 N–H and O–H groups in total. The third-order valence-corrected chi connectivity index (χ3v) is 3.65. The summed E-state index contributed by atoms with van der Waals surface area (Å²) in [5.41, 5.74) is 6.60. The van der Waals surface area contributed by atoms with Gasteiger partial charge >= 0.3 is 0 Å². The molecule has 1 amide bonds. The second-order valence-corrected chi connectivity index (χ2v) is 5.63. The number of benzene rings is 2. The molecule has 0 heterocycles. The van der Waals surface area contributed by atoms with Crippen molar-refractivity contribution in [3.05, 3.63) is 56.0 Å². The molecule has 104 valence electrons. The van der Waals surface area contributed by atoms with Gasteiger partial charge in [0.05, 0.1) is 15.6 Å². The van der Waals surface area contributed by atoms with Gasteiger partial charge in [0.2, 0.25) is 0 Å². The first kappa shape index (κ1) is 15.3. The van der Waals surface area contributed by atoms with Crippen LogP contribution in [-0.2, 0) is 0 Å². The van der Waals surface area contributed by atoms with Crippen molar-refractivity contribution >= 4 is 63.7 Å². The highest BCUT2D eigenvalue weighted by molar-refractivity contribution is 6.44. The Morgan fingerprint density at radius 3 is 2.15 bits per heavy atom. The van der Waals surface area contributed by atoms with Crippen LogP contribution in [0.1, 0.15) is 10.4 Å². The van der Waals surface area contributed by atoms with Gasteiger partial charge in [-0.3, -0.25) is 4.79 Å². The van der Waals surface area contributed by atoms with Crippen LogP contribution < -0.4 is 11.1 Å². The Kier molecular flexibility index (Phi) is 4.66. The third kappa shape index (κ3) is 3.49. The highest BCUT2D eigenvalue weighted by Gasteiger charge is 2.14. The average Bonchev–Trinajstić information content (AvgIpc) is 2.32. The number of halogens is 4. The van der Waals surface area contributed by atoms with Crippen molar-refractivity contribution in [2.24, 2.45) is 0 Å². The van der Waals surface area contributed by atoms with Crippen LogP contribution in [0.4, 0.5) is 11.4 Å². The molecule has 0 unspecified atom stereocenters. The van der Waals surface area contributed by atoms with Crippen LogP contribution in [-0.4, -0.2) is 5.91 Å². The minimum absolute atomic E-state index is 0.131. The number of hydrogen-bond donors (Lipinski definition) is 2. The van der Waals surface area contributed by atoms with Crippen LogP contribution in [0.15, 0.2) is 30.3 Å². The normalized spacial score (nSPS) is 10.4. The number of amides is 1. The number of carbonyl (C=O) groups excluding carboxylic acids is 1. The van der Waals surface area contributed by atoms with E-state index in [1.54, 1.807) is 18.2 Å². The molecule has 0 fully saturated rings. The second-order valence-electron chi connectivity index (χ2n) is 3.98. The Labute approximate surface area is 135 Å². The van der Waals surface area contributed by atoms with Gasteiger partial charge in [-0.1, -0.05) is 46.4 Å². The van der Waals surface area contributed by atoms with Crippen LogP contribution in [0.25, 0.3) is 0 Å². The SMILES string of the molecule is Nc1cc(Cl)c(Cl)c(C(=O)Nc2cc(Cl)cc(Cl)c2)c1. The lowest BCUT2D eigenvalue weighted by Crippen LogP contribution is -2.13. The number of nitrogens with one attached hydrogen (secondary N) is 1. The number of hydrogen-bond acceptors (Lipinski definition) is 2. The summed E-state index contributed by atoms with van der Waals surface area (Å²) >= 11 is 23.6. The summed E-state index contributed by atoms with van der Waals surface area (Å²) in [7, 11) is 0. The van der Waals surface area contributed by atoms with Crippen molar-refractivity contribution in [2.75, 3.05) is 11.1 Å². The molecule has 0 saturated carbocycles. The van der Waals surface area contributed by atoms with Gasteiger partial charge in [-0.2, -0.15) is 0 Å². The molecule has 0 radical (unpaired) electrons.